The van der Waals surface area contributed by atoms with Gasteiger partial charge in [-0.15, -0.1) is 0 Å². The Morgan fingerprint density at radius 1 is 1.24 bits per heavy atom. The molecule has 134 valence electrons. The second-order valence-corrected chi connectivity index (χ2v) is 8.21. The standard InChI is InChI=1S/C21H29N3O/c1-16-22-11-13-23(16)14-17-6-5-12-24(15-17)20(25)18-7-9-19(10-8-18)21(2,3)4/h7-11,13,17H,5-6,12,14-15H2,1-4H3. The summed E-state index contributed by atoms with van der Waals surface area (Å²) in [4.78, 5) is 19.2. The van der Waals surface area contributed by atoms with Crippen molar-refractivity contribution in [2.75, 3.05) is 13.1 Å². The zero-order valence-corrected chi connectivity index (χ0v) is 15.8. The Morgan fingerprint density at radius 3 is 2.56 bits per heavy atom. The number of nitrogens with zero attached hydrogens (tertiary/aromatic N) is 3. The van der Waals surface area contributed by atoms with E-state index in [2.05, 4.69) is 42.5 Å². The summed E-state index contributed by atoms with van der Waals surface area (Å²) >= 11 is 0. The van der Waals surface area contributed by atoms with Crippen molar-refractivity contribution in [1.29, 1.82) is 0 Å². The van der Waals surface area contributed by atoms with Gasteiger partial charge >= 0.3 is 0 Å². The van der Waals surface area contributed by atoms with Crippen LogP contribution in [-0.2, 0) is 12.0 Å². The maximum Gasteiger partial charge on any atom is 0.253 e. The molecule has 1 saturated heterocycles. The van der Waals surface area contributed by atoms with Gasteiger partial charge in [0.25, 0.3) is 5.91 Å². The zero-order chi connectivity index (χ0) is 18.0. The first-order valence-electron chi connectivity index (χ1n) is 9.22. The van der Waals surface area contributed by atoms with Crippen molar-refractivity contribution in [3.8, 4) is 0 Å². The highest BCUT2D eigenvalue weighted by Gasteiger charge is 2.25. The second kappa shape index (κ2) is 7.03. The van der Waals surface area contributed by atoms with E-state index < -0.39 is 0 Å². The molecule has 1 aromatic carbocycles. The molecule has 1 aromatic heterocycles. The number of carbonyl (C=O) groups excluding carboxylic acids is 1. The minimum atomic E-state index is 0.112. The van der Waals surface area contributed by atoms with Crippen LogP contribution in [0.15, 0.2) is 36.7 Å². The van der Waals surface area contributed by atoms with E-state index >= 15 is 0 Å². The summed E-state index contributed by atoms with van der Waals surface area (Å²) in [6, 6.07) is 8.13. The molecule has 0 radical (unpaired) electrons. The highest BCUT2D eigenvalue weighted by Crippen LogP contribution is 2.24. The van der Waals surface area contributed by atoms with Crippen LogP contribution in [0, 0.1) is 12.8 Å². The number of aromatic nitrogens is 2. The van der Waals surface area contributed by atoms with Gasteiger partial charge in [-0.1, -0.05) is 32.9 Å². The van der Waals surface area contributed by atoms with Crippen LogP contribution in [0.3, 0.4) is 0 Å². The van der Waals surface area contributed by atoms with Crippen LogP contribution in [0.1, 0.15) is 55.4 Å². The van der Waals surface area contributed by atoms with E-state index in [9.17, 15) is 4.79 Å². The largest absolute Gasteiger partial charge is 0.338 e. The van der Waals surface area contributed by atoms with Crippen molar-refractivity contribution in [3.05, 3.63) is 53.6 Å². The van der Waals surface area contributed by atoms with Gasteiger partial charge < -0.3 is 9.47 Å². The number of benzene rings is 1. The van der Waals surface area contributed by atoms with Gasteiger partial charge in [0.05, 0.1) is 0 Å². The summed E-state index contributed by atoms with van der Waals surface area (Å²) in [5.41, 5.74) is 2.17. The molecule has 1 unspecified atom stereocenters. The van der Waals surface area contributed by atoms with E-state index in [1.165, 1.54) is 12.0 Å². The summed E-state index contributed by atoms with van der Waals surface area (Å²) < 4.78 is 2.19. The number of imidazole rings is 1. The van der Waals surface area contributed by atoms with Crippen LogP contribution < -0.4 is 0 Å². The SMILES string of the molecule is Cc1nccn1CC1CCCN(C(=O)c2ccc(C(C)(C)C)cc2)C1. The van der Waals surface area contributed by atoms with Crippen molar-refractivity contribution in [3.63, 3.8) is 0 Å². The van der Waals surface area contributed by atoms with Gasteiger partial charge in [-0.05, 0) is 48.8 Å². The molecule has 1 atom stereocenters. The van der Waals surface area contributed by atoms with Crippen LogP contribution in [-0.4, -0.2) is 33.4 Å². The van der Waals surface area contributed by atoms with E-state index in [1.807, 2.05) is 36.4 Å². The molecule has 0 N–H and O–H groups in total. The second-order valence-electron chi connectivity index (χ2n) is 8.21. The Kier molecular flexibility index (Phi) is 4.98. The minimum Gasteiger partial charge on any atom is -0.338 e. The van der Waals surface area contributed by atoms with Gasteiger partial charge in [-0.2, -0.15) is 0 Å². The number of hydrogen-bond acceptors (Lipinski definition) is 2. The maximum atomic E-state index is 12.9. The van der Waals surface area contributed by atoms with E-state index in [4.69, 9.17) is 0 Å². The molecule has 0 spiro atoms. The van der Waals surface area contributed by atoms with Crippen molar-refractivity contribution >= 4 is 5.91 Å². The third kappa shape index (κ3) is 4.12. The summed E-state index contributed by atoms with van der Waals surface area (Å²) in [6.07, 6.45) is 6.12. The van der Waals surface area contributed by atoms with Crippen LogP contribution in [0.2, 0.25) is 0 Å². The number of hydrogen-bond donors (Lipinski definition) is 0. The van der Waals surface area contributed by atoms with E-state index in [0.717, 1.165) is 37.4 Å². The predicted octanol–water partition coefficient (Wildman–Crippen LogP) is 4.04. The molecule has 2 heterocycles. The van der Waals surface area contributed by atoms with Gasteiger partial charge in [-0.25, -0.2) is 4.98 Å². The van der Waals surface area contributed by atoms with Gasteiger partial charge in [0, 0.05) is 37.6 Å². The molecule has 25 heavy (non-hydrogen) atoms. The average Bonchev–Trinajstić information content (AvgIpc) is 2.99. The normalized spacial score (nSPS) is 18.4. The topological polar surface area (TPSA) is 38.1 Å². The van der Waals surface area contributed by atoms with Crippen molar-refractivity contribution in [2.24, 2.45) is 5.92 Å². The summed E-state index contributed by atoms with van der Waals surface area (Å²) in [7, 11) is 0. The smallest absolute Gasteiger partial charge is 0.253 e. The Hall–Kier alpha value is -2.10. The number of likely N-dealkylation sites (tertiary alicyclic amines) is 1. The molecular weight excluding hydrogens is 310 g/mol. The van der Waals surface area contributed by atoms with E-state index in [1.54, 1.807) is 0 Å². The predicted molar refractivity (Wildman–Crippen MR) is 101 cm³/mol. The minimum absolute atomic E-state index is 0.112. The lowest BCUT2D eigenvalue weighted by atomic mass is 9.86. The van der Waals surface area contributed by atoms with Crippen molar-refractivity contribution < 1.29 is 4.79 Å². The molecule has 4 heteroatoms. The summed E-state index contributed by atoms with van der Waals surface area (Å²) in [5.74, 6) is 1.70. The molecule has 1 aliphatic heterocycles. The lowest BCUT2D eigenvalue weighted by molar-refractivity contribution is 0.0662. The molecule has 3 rings (SSSR count). The quantitative estimate of drug-likeness (QED) is 0.846. The van der Waals surface area contributed by atoms with Gasteiger partial charge in [-0.3, -0.25) is 4.79 Å². The molecule has 4 nitrogen and oxygen atoms in total. The summed E-state index contributed by atoms with van der Waals surface area (Å²) in [6.45, 7) is 11.2. The van der Waals surface area contributed by atoms with Crippen LogP contribution in [0.4, 0.5) is 0 Å². The fourth-order valence-corrected chi connectivity index (χ4v) is 3.57. The first kappa shape index (κ1) is 17.7. The Morgan fingerprint density at radius 2 is 1.96 bits per heavy atom. The van der Waals surface area contributed by atoms with Gasteiger partial charge in [0.1, 0.15) is 5.82 Å². The number of rotatable bonds is 3. The lowest BCUT2D eigenvalue weighted by Gasteiger charge is -2.33. The average molecular weight is 339 g/mol. The molecule has 1 fully saturated rings. The first-order chi connectivity index (χ1) is 11.8. The first-order valence-corrected chi connectivity index (χ1v) is 9.22. The number of aryl methyl sites for hydroxylation is 1. The van der Waals surface area contributed by atoms with Crippen LogP contribution >= 0.6 is 0 Å². The van der Waals surface area contributed by atoms with Gasteiger partial charge in [0.2, 0.25) is 0 Å². The molecule has 0 aliphatic carbocycles. The molecular formula is C21H29N3O. The fraction of sp³-hybridized carbons (Fsp3) is 0.524. The highest BCUT2D eigenvalue weighted by molar-refractivity contribution is 5.94. The fourth-order valence-electron chi connectivity index (χ4n) is 3.57. The monoisotopic (exact) mass is 339 g/mol. The van der Waals surface area contributed by atoms with Gasteiger partial charge in [0.15, 0.2) is 0 Å². The molecule has 2 aromatic rings. The Balaban J connectivity index is 1.66. The zero-order valence-electron chi connectivity index (χ0n) is 15.8. The molecule has 1 aliphatic rings. The van der Waals surface area contributed by atoms with Crippen LogP contribution in [0.25, 0.3) is 0 Å². The Bertz CT molecular complexity index is 724. The third-order valence-corrected chi connectivity index (χ3v) is 5.18. The maximum absolute atomic E-state index is 12.9. The number of amides is 1. The molecule has 1 amide bonds. The summed E-state index contributed by atoms with van der Waals surface area (Å²) in [5, 5.41) is 0. The van der Waals surface area contributed by atoms with Crippen molar-refractivity contribution in [2.45, 2.75) is 52.5 Å². The van der Waals surface area contributed by atoms with Crippen LogP contribution in [0.5, 0.6) is 0 Å². The van der Waals surface area contributed by atoms with E-state index in [-0.39, 0.29) is 11.3 Å². The Labute approximate surface area is 150 Å². The number of piperidine rings is 1. The number of carbonyl (C=O) groups is 1. The lowest BCUT2D eigenvalue weighted by Crippen LogP contribution is -2.41. The molecule has 0 saturated carbocycles. The third-order valence-electron chi connectivity index (χ3n) is 5.18. The molecule has 0 bridgehead atoms. The van der Waals surface area contributed by atoms with Crippen molar-refractivity contribution in [1.82, 2.24) is 14.5 Å². The highest BCUT2D eigenvalue weighted by atomic mass is 16.2. The van der Waals surface area contributed by atoms with E-state index in [0.29, 0.717) is 5.92 Å².